The van der Waals surface area contributed by atoms with Crippen molar-refractivity contribution in [2.24, 2.45) is 0 Å². The second kappa shape index (κ2) is 7.72. The van der Waals surface area contributed by atoms with Crippen LogP contribution in [-0.4, -0.2) is 57.2 Å². The number of nitrogens with one attached hydrogen (secondary N) is 3. The SMILES string of the molecule is CC(C)(O)C(NC(=O)Nc1cc2[nH]nc(N3CC4CC3CO4)c2cn1)c1ccc(F)cc1. The summed E-state index contributed by atoms with van der Waals surface area (Å²) in [5, 5.41) is 24.3. The fraction of sp³-hybridized carbons (Fsp3) is 0.409. The molecule has 2 aliphatic heterocycles. The summed E-state index contributed by atoms with van der Waals surface area (Å²) in [6.45, 7) is 4.68. The van der Waals surface area contributed by atoms with E-state index in [0.717, 1.165) is 29.7 Å². The summed E-state index contributed by atoms with van der Waals surface area (Å²) >= 11 is 0. The maximum atomic E-state index is 13.3. The predicted octanol–water partition coefficient (Wildman–Crippen LogP) is 2.71. The summed E-state index contributed by atoms with van der Waals surface area (Å²) in [5.41, 5.74) is 0.0649. The Labute approximate surface area is 184 Å². The van der Waals surface area contributed by atoms with Crippen LogP contribution in [0.15, 0.2) is 36.5 Å². The minimum Gasteiger partial charge on any atom is -0.388 e. The molecule has 2 fully saturated rings. The number of rotatable bonds is 5. The minimum absolute atomic E-state index is 0.258. The maximum absolute atomic E-state index is 13.3. The summed E-state index contributed by atoms with van der Waals surface area (Å²) in [5.74, 6) is 0.793. The number of halogens is 1. The van der Waals surface area contributed by atoms with E-state index in [1.807, 2.05) is 0 Å². The third kappa shape index (κ3) is 3.87. The molecule has 4 N–H and O–H groups in total. The molecule has 3 atom stereocenters. The predicted molar refractivity (Wildman–Crippen MR) is 117 cm³/mol. The Morgan fingerprint density at radius 1 is 1.38 bits per heavy atom. The number of benzene rings is 1. The largest absolute Gasteiger partial charge is 0.388 e. The summed E-state index contributed by atoms with van der Waals surface area (Å²) in [6.07, 6.45) is 2.96. The van der Waals surface area contributed by atoms with Gasteiger partial charge < -0.3 is 20.1 Å². The molecule has 2 saturated heterocycles. The van der Waals surface area contributed by atoms with E-state index in [9.17, 15) is 14.3 Å². The lowest BCUT2D eigenvalue weighted by molar-refractivity contribution is 0.0415. The van der Waals surface area contributed by atoms with Crippen molar-refractivity contribution in [1.82, 2.24) is 20.5 Å². The third-order valence-electron chi connectivity index (χ3n) is 6.03. The van der Waals surface area contributed by atoms with Crippen molar-refractivity contribution in [1.29, 1.82) is 0 Å². The number of aliphatic hydroxyl groups is 1. The summed E-state index contributed by atoms with van der Waals surface area (Å²) in [6, 6.07) is 6.40. The van der Waals surface area contributed by atoms with Gasteiger partial charge in [0.1, 0.15) is 11.6 Å². The van der Waals surface area contributed by atoms with Gasteiger partial charge >= 0.3 is 6.03 Å². The van der Waals surface area contributed by atoms with Crippen molar-refractivity contribution in [2.45, 2.75) is 44.1 Å². The number of amides is 2. The van der Waals surface area contributed by atoms with E-state index >= 15 is 0 Å². The number of morpholine rings is 1. The molecule has 2 bridgehead atoms. The summed E-state index contributed by atoms with van der Waals surface area (Å²) in [4.78, 5) is 19.3. The number of carbonyl (C=O) groups excluding carboxylic acids is 1. The van der Waals surface area contributed by atoms with Crippen molar-refractivity contribution >= 4 is 28.6 Å². The number of H-pyrrole nitrogens is 1. The number of ether oxygens (including phenoxy) is 1. The van der Waals surface area contributed by atoms with Crippen LogP contribution >= 0.6 is 0 Å². The first-order valence-electron chi connectivity index (χ1n) is 10.6. The molecule has 2 aliphatic rings. The first-order chi connectivity index (χ1) is 15.3. The smallest absolute Gasteiger partial charge is 0.320 e. The molecule has 0 saturated carbocycles. The first-order valence-corrected chi connectivity index (χ1v) is 10.6. The highest BCUT2D eigenvalue weighted by atomic mass is 19.1. The van der Waals surface area contributed by atoms with Gasteiger partial charge in [-0.15, -0.1) is 0 Å². The lowest BCUT2D eigenvalue weighted by Gasteiger charge is -2.30. The number of anilines is 2. The number of hydrogen-bond donors (Lipinski definition) is 4. The number of aromatic amines is 1. The second-order valence-corrected chi connectivity index (χ2v) is 8.90. The van der Waals surface area contributed by atoms with Crippen LogP contribution in [0.4, 0.5) is 20.8 Å². The maximum Gasteiger partial charge on any atom is 0.320 e. The fourth-order valence-corrected chi connectivity index (χ4v) is 4.45. The molecule has 10 heteroatoms. The van der Waals surface area contributed by atoms with Crippen molar-refractivity contribution in [3.63, 3.8) is 0 Å². The zero-order chi connectivity index (χ0) is 22.5. The van der Waals surface area contributed by atoms with Gasteiger partial charge in [-0.05, 0) is 38.0 Å². The Morgan fingerprint density at radius 3 is 2.81 bits per heavy atom. The number of aromatic nitrogens is 3. The van der Waals surface area contributed by atoms with Gasteiger partial charge in [-0.25, -0.2) is 14.2 Å². The van der Waals surface area contributed by atoms with E-state index in [0.29, 0.717) is 24.0 Å². The highest BCUT2D eigenvalue weighted by Gasteiger charge is 2.40. The average molecular weight is 440 g/mol. The van der Waals surface area contributed by atoms with Crippen LogP contribution in [0.1, 0.15) is 31.9 Å². The number of carbonyl (C=O) groups is 1. The molecular formula is C22H25FN6O3. The quantitative estimate of drug-likeness (QED) is 0.485. The molecule has 5 rings (SSSR count). The molecule has 1 aromatic carbocycles. The van der Waals surface area contributed by atoms with Crippen molar-refractivity contribution < 1.29 is 19.0 Å². The van der Waals surface area contributed by atoms with Crippen LogP contribution in [-0.2, 0) is 4.74 Å². The van der Waals surface area contributed by atoms with Crippen LogP contribution in [0.25, 0.3) is 10.9 Å². The van der Waals surface area contributed by atoms with Gasteiger partial charge in [0.25, 0.3) is 0 Å². The van der Waals surface area contributed by atoms with E-state index < -0.39 is 23.5 Å². The van der Waals surface area contributed by atoms with Gasteiger partial charge in [0, 0.05) is 18.8 Å². The zero-order valence-corrected chi connectivity index (χ0v) is 17.8. The fourth-order valence-electron chi connectivity index (χ4n) is 4.45. The van der Waals surface area contributed by atoms with Crippen molar-refractivity contribution in [2.75, 3.05) is 23.4 Å². The standard InChI is InChI=1S/C22H25FN6O3/c1-22(2,31)19(12-3-5-13(23)6-4-12)26-21(30)25-18-8-17-16(9-24-18)20(28-27-17)29-10-15-7-14(29)11-32-15/h3-6,8-9,14-15,19,31H,7,10-11H2,1-2H3,(H,27,28)(H2,24,25,26,30). The van der Waals surface area contributed by atoms with Crippen LogP contribution in [0.5, 0.6) is 0 Å². The molecule has 9 nitrogen and oxygen atoms in total. The molecule has 4 heterocycles. The Kier molecular flexibility index (Phi) is 4.98. The van der Waals surface area contributed by atoms with Crippen LogP contribution < -0.4 is 15.5 Å². The Balaban J connectivity index is 1.31. The lowest BCUT2D eigenvalue weighted by atomic mass is 9.92. The first kappa shape index (κ1) is 20.7. The van der Waals surface area contributed by atoms with E-state index in [4.69, 9.17) is 4.74 Å². The van der Waals surface area contributed by atoms with Crippen LogP contribution in [0.3, 0.4) is 0 Å². The van der Waals surface area contributed by atoms with Gasteiger partial charge in [0.2, 0.25) is 0 Å². The van der Waals surface area contributed by atoms with Crippen LogP contribution in [0.2, 0.25) is 0 Å². The molecule has 3 aromatic rings. The van der Waals surface area contributed by atoms with E-state index in [-0.39, 0.29) is 6.10 Å². The lowest BCUT2D eigenvalue weighted by Crippen LogP contribution is -2.44. The van der Waals surface area contributed by atoms with Gasteiger partial charge in [-0.3, -0.25) is 10.4 Å². The van der Waals surface area contributed by atoms with Gasteiger partial charge in [-0.2, -0.15) is 5.10 Å². The third-order valence-corrected chi connectivity index (χ3v) is 6.03. The van der Waals surface area contributed by atoms with E-state index in [1.54, 1.807) is 26.1 Å². The molecule has 2 aromatic heterocycles. The van der Waals surface area contributed by atoms with Gasteiger partial charge in [0.05, 0.1) is 41.3 Å². The Hall–Kier alpha value is -3.24. The molecule has 0 spiro atoms. The molecular weight excluding hydrogens is 415 g/mol. The highest BCUT2D eigenvalue weighted by molar-refractivity contribution is 5.94. The molecule has 3 unspecified atom stereocenters. The molecule has 168 valence electrons. The number of hydrogen-bond acceptors (Lipinski definition) is 6. The van der Waals surface area contributed by atoms with E-state index in [2.05, 4.69) is 30.7 Å². The number of fused-ring (bicyclic) bond motifs is 3. The van der Waals surface area contributed by atoms with Crippen molar-refractivity contribution in [3.8, 4) is 0 Å². The van der Waals surface area contributed by atoms with Crippen molar-refractivity contribution in [3.05, 3.63) is 47.9 Å². The number of nitrogens with zero attached hydrogens (tertiary/aromatic N) is 3. The monoisotopic (exact) mass is 440 g/mol. The Bertz CT molecular complexity index is 1140. The highest BCUT2D eigenvalue weighted by Crippen LogP contribution is 2.35. The summed E-state index contributed by atoms with van der Waals surface area (Å²) < 4.78 is 18.9. The molecule has 0 aliphatic carbocycles. The Morgan fingerprint density at radius 2 is 2.16 bits per heavy atom. The average Bonchev–Trinajstić information content (AvgIpc) is 3.47. The van der Waals surface area contributed by atoms with Gasteiger partial charge in [0.15, 0.2) is 5.82 Å². The van der Waals surface area contributed by atoms with Gasteiger partial charge in [-0.1, -0.05) is 12.1 Å². The molecule has 2 amide bonds. The number of urea groups is 1. The van der Waals surface area contributed by atoms with E-state index in [1.165, 1.54) is 24.3 Å². The van der Waals surface area contributed by atoms with Crippen LogP contribution in [0, 0.1) is 5.82 Å². The topological polar surface area (TPSA) is 115 Å². The number of pyridine rings is 1. The molecule has 32 heavy (non-hydrogen) atoms. The minimum atomic E-state index is -1.27. The second-order valence-electron chi connectivity index (χ2n) is 8.90. The zero-order valence-electron chi connectivity index (χ0n) is 17.8. The summed E-state index contributed by atoms with van der Waals surface area (Å²) in [7, 11) is 0. The normalized spacial score (nSPS) is 21.2. The molecule has 0 radical (unpaired) electrons.